The summed E-state index contributed by atoms with van der Waals surface area (Å²) in [4.78, 5) is 0. The first-order valence-corrected chi connectivity index (χ1v) is 3.22. The molecule has 6 heteroatoms. The van der Waals surface area contributed by atoms with Crippen LogP contribution in [0, 0.1) is 0 Å². The highest BCUT2D eigenvalue weighted by Crippen LogP contribution is 2.00. The van der Waals surface area contributed by atoms with Crippen molar-refractivity contribution in [1.29, 1.82) is 0 Å². The van der Waals surface area contributed by atoms with Crippen LogP contribution in [0.1, 0.15) is 5.56 Å². The molecule has 0 bridgehead atoms. The smallest absolute Gasteiger partial charge is 0.257 e. The first-order chi connectivity index (χ1) is 5.22. The maximum atomic E-state index is 11.7. The molecule has 1 aromatic heterocycles. The van der Waals surface area contributed by atoms with E-state index in [0.717, 1.165) is 5.56 Å². The molecule has 70 valence electrons. The molecule has 1 aromatic rings. The molecule has 1 heterocycles. The number of hydrogen-bond acceptors (Lipinski definition) is 2. The second-order valence-corrected chi connectivity index (χ2v) is 2.17. The number of rotatable bonds is 3. The van der Waals surface area contributed by atoms with E-state index in [1.165, 1.54) is 17.1 Å². The van der Waals surface area contributed by atoms with Crippen molar-refractivity contribution in [3.8, 4) is 0 Å². The van der Waals surface area contributed by atoms with Gasteiger partial charge in [0.2, 0.25) is 0 Å². The third kappa shape index (κ3) is 3.15. The molecule has 0 saturated carbocycles. The number of hydrogen-bond donors (Lipinski definition) is 1. The van der Waals surface area contributed by atoms with Crippen LogP contribution in [0.25, 0.3) is 0 Å². The fourth-order valence-corrected chi connectivity index (χ4v) is 0.753. The molecule has 2 N–H and O–H groups in total. The van der Waals surface area contributed by atoms with E-state index < -0.39 is 6.43 Å². The van der Waals surface area contributed by atoms with Crippen LogP contribution in [0.4, 0.5) is 8.78 Å². The van der Waals surface area contributed by atoms with Crippen LogP contribution in [0.2, 0.25) is 0 Å². The lowest BCUT2D eigenvalue weighted by Gasteiger charge is -1.97. The lowest BCUT2D eigenvalue weighted by molar-refractivity contribution is 0.122. The lowest BCUT2D eigenvalue weighted by atomic mass is 10.4. The van der Waals surface area contributed by atoms with Gasteiger partial charge >= 0.3 is 0 Å². The quantitative estimate of drug-likeness (QED) is 0.787. The molecule has 0 radical (unpaired) electrons. The van der Waals surface area contributed by atoms with E-state index in [0.29, 0.717) is 6.54 Å². The first-order valence-electron chi connectivity index (χ1n) is 3.22. The predicted octanol–water partition coefficient (Wildman–Crippen LogP) is 1.03. The Kier molecular flexibility index (Phi) is 4.77. The third-order valence-corrected chi connectivity index (χ3v) is 1.25. The van der Waals surface area contributed by atoms with Crippen LogP contribution in [0.3, 0.4) is 0 Å². The molecular formula is C6H10ClF2N3. The number of halogens is 3. The van der Waals surface area contributed by atoms with Gasteiger partial charge in [-0.25, -0.2) is 8.78 Å². The van der Waals surface area contributed by atoms with E-state index in [1.54, 1.807) is 0 Å². The molecule has 12 heavy (non-hydrogen) atoms. The van der Waals surface area contributed by atoms with Gasteiger partial charge in [-0.05, 0) is 0 Å². The van der Waals surface area contributed by atoms with Crippen LogP contribution in [-0.4, -0.2) is 16.2 Å². The summed E-state index contributed by atoms with van der Waals surface area (Å²) < 4.78 is 24.7. The molecule has 0 atom stereocenters. The Balaban J connectivity index is 0.00000121. The van der Waals surface area contributed by atoms with Crippen molar-refractivity contribution in [3.63, 3.8) is 0 Å². The summed E-state index contributed by atoms with van der Waals surface area (Å²) in [5, 5.41) is 3.68. The van der Waals surface area contributed by atoms with Crippen molar-refractivity contribution in [3.05, 3.63) is 18.0 Å². The zero-order chi connectivity index (χ0) is 8.27. The molecule has 0 amide bonds. The minimum absolute atomic E-state index is 0. The topological polar surface area (TPSA) is 43.8 Å². The summed E-state index contributed by atoms with van der Waals surface area (Å²) in [7, 11) is 0. The van der Waals surface area contributed by atoms with Crippen molar-refractivity contribution in [2.24, 2.45) is 5.73 Å². The van der Waals surface area contributed by atoms with Crippen molar-refractivity contribution in [1.82, 2.24) is 9.78 Å². The average molecular weight is 198 g/mol. The van der Waals surface area contributed by atoms with Crippen LogP contribution < -0.4 is 5.73 Å². The maximum absolute atomic E-state index is 11.7. The predicted molar refractivity (Wildman–Crippen MR) is 43.4 cm³/mol. The van der Waals surface area contributed by atoms with Gasteiger partial charge in [0.1, 0.15) is 6.54 Å². The van der Waals surface area contributed by atoms with E-state index in [4.69, 9.17) is 5.73 Å². The van der Waals surface area contributed by atoms with Crippen LogP contribution >= 0.6 is 12.4 Å². The fraction of sp³-hybridized carbons (Fsp3) is 0.500. The van der Waals surface area contributed by atoms with Crippen molar-refractivity contribution >= 4 is 12.4 Å². The van der Waals surface area contributed by atoms with Crippen LogP contribution in [0.5, 0.6) is 0 Å². The molecule has 0 spiro atoms. The van der Waals surface area contributed by atoms with E-state index >= 15 is 0 Å². The zero-order valence-corrected chi connectivity index (χ0v) is 7.10. The normalized spacial score (nSPS) is 10.0. The number of aromatic nitrogens is 2. The SMILES string of the molecule is Cl.NCc1cnn(CC(F)F)c1. The largest absolute Gasteiger partial charge is 0.326 e. The van der Waals surface area contributed by atoms with Crippen LogP contribution in [0.15, 0.2) is 12.4 Å². The Morgan fingerprint density at radius 1 is 1.58 bits per heavy atom. The summed E-state index contributed by atoms with van der Waals surface area (Å²) in [5.41, 5.74) is 6.02. The molecule has 0 fully saturated rings. The minimum atomic E-state index is -2.36. The summed E-state index contributed by atoms with van der Waals surface area (Å²) >= 11 is 0. The van der Waals surface area contributed by atoms with Gasteiger partial charge in [-0.1, -0.05) is 0 Å². The van der Waals surface area contributed by atoms with Crippen molar-refractivity contribution in [2.75, 3.05) is 0 Å². The van der Waals surface area contributed by atoms with E-state index in [-0.39, 0.29) is 19.0 Å². The zero-order valence-electron chi connectivity index (χ0n) is 6.28. The van der Waals surface area contributed by atoms with Crippen molar-refractivity contribution in [2.45, 2.75) is 19.5 Å². The standard InChI is InChI=1S/C6H9F2N3.ClH/c7-6(8)4-11-3-5(1-9)2-10-11;/h2-3,6H,1,4,9H2;1H. The second-order valence-electron chi connectivity index (χ2n) is 2.17. The number of nitrogens with zero attached hydrogens (tertiary/aromatic N) is 2. The molecule has 0 aliphatic carbocycles. The Morgan fingerprint density at radius 3 is 2.67 bits per heavy atom. The molecule has 3 nitrogen and oxygen atoms in total. The molecule has 0 unspecified atom stereocenters. The van der Waals surface area contributed by atoms with Gasteiger partial charge in [0.05, 0.1) is 6.20 Å². The molecule has 1 rings (SSSR count). The van der Waals surface area contributed by atoms with Gasteiger partial charge in [-0.2, -0.15) is 5.10 Å². The van der Waals surface area contributed by atoms with Gasteiger partial charge in [-0.15, -0.1) is 12.4 Å². The molecule has 0 saturated heterocycles. The summed E-state index contributed by atoms with van der Waals surface area (Å²) in [5.74, 6) is 0. The Labute approximate surface area is 75.0 Å². The highest BCUT2D eigenvalue weighted by molar-refractivity contribution is 5.85. The van der Waals surface area contributed by atoms with Gasteiger partial charge < -0.3 is 5.73 Å². The molecule has 0 aliphatic heterocycles. The summed E-state index contributed by atoms with van der Waals surface area (Å²) in [6.07, 6.45) is 0.648. The minimum Gasteiger partial charge on any atom is -0.326 e. The van der Waals surface area contributed by atoms with Gasteiger partial charge in [-0.3, -0.25) is 4.68 Å². The summed E-state index contributed by atoms with van der Waals surface area (Å²) in [6.45, 7) is -0.0246. The van der Waals surface area contributed by atoms with Gasteiger partial charge in [0.25, 0.3) is 6.43 Å². The van der Waals surface area contributed by atoms with Gasteiger partial charge in [0.15, 0.2) is 0 Å². The van der Waals surface area contributed by atoms with E-state index in [1.807, 2.05) is 0 Å². The van der Waals surface area contributed by atoms with Crippen molar-refractivity contribution < 1.29 is 8.78 Å². The second kappa shape index (κ2) is 5.05. The van der Waals surface area contributed by atoms with Crippen LogP contribution in [-0.2, 0) is 13.1 Å². The highest BCUT2D eigenvalue weighted by Gasteiger charge is 2.04. The maximum Gasteiger partial charge on any atom is 0.257 e. The lowest BCUT2D eigenvalue weighted by Crippen LogP contribution is -2.06. The molecule has 0 aliphatic rings. The van der Waals surface area contributed by atoms with E-state index in [2.05, 4.69) is 5.10 Å². The Bertz CT molecular complexity index is 226. The number of alkyl halides is 2. The Hall–Kier alpha value is -0.680. The van der Waals surface area contributed by atoms with E-state index in [9.17, 15) is 8.78 Å². The molecule has 0 aromatic carbocycles. The fourth-order valence-electron chi connectivity index (χ4n) is 0.753. The average Bonchev–Trinajstić information content (AvgIpc) is 2.34. The monoisotopic (exact) mass is 197 g/mol. The Morgan fingerprint density at radius 2 is 2.25 bits per heavy atom. The highest BCUT2D eigenvalue weighted by atomic mass is 35.5. The van der Waals surface area contributed by atoms with Gasteiger partial charge in [0, 0.05) is 18.3 Å². The molecular weight excluding hydrogens is 188 g/mol. The summed E-state index contributed by atoms with van der Waals surface area (Å²) in [6, 6.07) is 0. The third-order valence-electron chi connectivity index (χ3n) is 1.25. The first kappa shape index (κ1) is 11.3. The number of nitrogens with two attached hydrogens (primary N) is 1.